The number of aryl methyl sites for hydroxylation is 2. The molecule has 0 aliphatic carbocycles. The SMILES string of the molecule is CC(=O)SCCC#Cc1cc(C)c(N)c(C)c1. The van der Waals surface area contributed by atoms with Crippen LogP contribution in [0.25, 0.3) is 0 Å². The lowest BCUT2D eigenvalue weighted by atomic mass is 10.1. The van der Waals surface area contributed by atoms with Crippen LogP contribution in [-0.4, -0.2) is 10.9 Å². The molecular formula is C14H17NOS. The zero-order chi connectivity index (χ0) is 12.8. The Kier molecular flexibility index (Phi) is 5.11. The lowest BCUT2D eigenvalue weighted by Gasteiger charge is -2.04. The second-order valence-corrected chi connectivity index (χ2v) is 5.19. The number of nitrogen functional groups attached to an aromatic ring is 1. The summed E-state index contributed by atoms with van der Waals surface area (Å²) in [6, 6.07) is 3.99. The Morgan fingerprint density at radius 1 is 1.35 bits per heavy atom. The number of anilines is 1. The van der Waals surface area contributed by atoms with Crippen molar-refractivity contribution in [2.75, 3.05) is 11.5 Å². The van der Waals surface area contributed by atoms with Crippen LogP contribution in [0.15, 0.2) is 12.1 Å². The summed E-state index contributed by atoms with van der Waals surface area (Å²) in [5, 5.41) is 0.144. The van der Waals surface area contributed by atoms with Crippen molar-refractivity contribution >= 4 is 22.6 Å². The zero-order valence-corrected chi connectivity index (χ0v) is 11.3. The van der Waals surface area contributed by atoms with Crippen molar-refractivity contribution in [3.63, 3.8) is 0 Å². The van der Waals surface area contributed by atoms with Crippen LogP contribution < -0.4 is 5.73 Å². The molecule has 1 aromatic carbocycles. The molecule has 0 amide bonds. The minimum absolute atomic E-state index is 0.144. The number of carbonyl (C=O) groups excluding carboxylic acids is 1. The quantitative estimate of drug-likeness (QED) is 0.496. The van der Waals surface area contributed by atoms with Crippen LogP contribution in [0.5, 0.6) is 0 Å². The number of benzene rings is 1. The smallest absolute Gasteiger partial charge is 0.185 e. The average Bonchev–Trinajstić information content (AvgIpc) is 2.25. The molecular weight excluding hydrogens is 230 g/mol. The highest BCUT2D eigenvalue weighted by Gasteiger charge is 1.99. The molecule has 2 nitrogen and oxygen atoms in total. The minimum Gasteiger partial charge on any atom is -0.398 e. The van der Waals surface area contributed by atoms with E-state index in [0.29, 0.717) is 0 Å². The third kappa shape index (κ3) is 4.54. The molecule has 0 radical (unpaired) electrons. The van der Waals surface area contributed by atoms with Gasteiger partial charge in [-0.1, -0.05) is 23.6 Å². The van der Waals surface area contributed by atoms with Gasteiger partial charge < -0.3 is 5.73 Å². The Morgan fingerprint density at radius 2 is 1.94 bits per heavy atom. The van der Waals surface area contributed by atoms with Gasteiger partial charge in [-0.2, -0.15) is 0 Å². The summed E-state index contributed by atoms with van der Waals surface area (Å²) >= 11 is 1.31. The molecule has 0 saturated carbocycles. The van der Waals surface area contributed by atoms with E-state index in [1.165, 1.54) is 11.8 Å². The fraction of sp³-hybridized carbons (Fsp3) is 0.357. The standard InChI is InChI=1S/C14H17NOS/c1-10-8-13(9-11(2)14(10)15)6-4-5-7-17-12(3)16/h8-9H,5,7,15H2,1-3H3. The normalized spacial score (nSPS) is 9.59. The fourth-order valence-corrected chi connectivity index (χ4v) is 1.95. The third-order valence-electron chi connectivity index (χ3n) is 2.36. The summed E-state index contributed by atoms with van der Waals surface area (Å²) in [4.78, 5) is 10.7. The van der Waals surface area contributed by atoms with Crippen LogP contribution in [0, 0.1) is 25.7 Å². The number of thioether (sulfide) groups is 1. The second-order valence-electron chi connectivity index (χ2n) is 3.92. The first kappa shape index (κ1) is 13.7. The number of hydrogen-bond donors (Lipinski definition) is 1. The highest BCUT2D eigenvalue weighted by atomic mass is 32.2. The zero-order valence-electron chi connectivity index (χ0n) is 10.5. The van der Waals surface area contributed by atoms with Crippen LogP contribution >= 0.6 is 11.8 Å². The first-order valence-electron chi connectivity index (χ1n) is 5.49. The first-order valence-corrected chi connectivity index (χ1v) is 6.48. The van der Waals surface area contributed by atoms with E-state index >= 15 is 0 Å². The maximum Gasteiger partial charge on any atom is 0.185 e. The van der Waals surface area contributed by atoms with Crippen LogP contribution in [-0.2, 0) is 4.79 Å². The summed E-state index contributed by atoms with van der Waals surface area (Å²) in [7, 11) is 0. The van der Waals surface area contributed by atoms with E-state index in [1.54, 1.807) is 6.92 Å². The monoisotopic (exact) mass is 247 g/mol. The van der Waals surface area contributed by atoms with E-state index in [-0.39, 0.29) is 5.12 Å². The maximum atomic E-state index is 10.7. The molecule has 0 heterocycles. The van der Waals surface area contributed by atoms with Gasteiger partial charge in [0.05, 0.1) is 0 Å². The molecule has 2 N–H and O–H groups in total. The van der Waals surface area contributed by atoms with E-state index < -0.39 is 0 Å². The largest absolute Gasteiger partial charge is 0.398 e. The van der Waals surface area contributed by atoms with Gasteiger partial charge in [-0.05, 0) is 37.1 Å². The Morgan fingerprint density at radius 3 is 2.47 bits per heavy atom. The molecule has 0 fully saturated rings. The van der Waals surface area contributed by atoms with Crippen LogP contribution in [0.4, 0.5) is 5.69 Å². The molecule has 1 aromatic rings. The topological polar surface area (TPSA) is 43.1 Å². The predicted octanol–water partition coefficient (Wildman–Crippen LogP) is 2.91. The van der Waals surface area contributed by atoms with Crippen molar-refractivity contribution in [2.24, 2.45) is 0 Å². The van der Waals surface area contributed by atoms with Gasteiger partial charge in [-0.3, -0.25) is 4.79 Å². The average molecular weight is 247 g/mol. The van der Waals surface area contributed by atoms with E-state index in [1.807, 2.05) is 26.0 Å². The van der Waals surface area contributed by atoms with Gasteiger partial charge in [0.15, 0.2) is 5.12 Å². The maximum absolute atomic E-state index is 10.7. The molecule has 1 rings (SSSR count). The molecule has 0 unspecified atom stereocenters. The molecule has 0 aliphatic rings. The lowest BCUT2D eigenvalue weighted by molar-refractivity contribution is -0.109. The molecule has 0 aromatic heterocycles. The van der Waals surface area contributed by atoms with Crippen LogP contribution in [0.2, 0.25) is 0 Å². The Labute approximate surface area is 107 Å². The summed E-state index contributed by atoms with van der Waals surface area (Å²) < 4.78 is 0. The predicted molar refractivity (Wildman–Crippen MR) is 75.0 cm³/mol. The number of rotatable bonds is 2. The summed E-state index contributed by atoms with van der Waals surface area (Å²) in [5.74, 6) is 6.92. The van der Waals surface area contributed by atoms with Gasteiger partial charge in [-0.15, -0.1) is 0 Å². The molecule has 0 aliphatic heterocycles. The number of nitrogens with two attached hydrogens (primary N) is 1. The van der Waals surface area contributed by atoms with Gasteiger partial charge in [0.1, 0.15) is 0 Å². The summed E-state index contributed by atoms with van der Waals surface area (Å²) in [6.45, 7) is 5.54. The Hall–Kier alpha value is -1.40. The Balaban J connectivity index is 2.63. The molecule has 0 atom stereocenters. The van der Waals surface area contributed by atoms with Gasteiger partial charge in [0.2, 0.25) is 0 Å². The van der Waals surface area contributed by atoms with Crippen molar-refractivity contribution in [3.05, 3.63) is 28.8 Å². The van der Waals surface area contributed by atoms with Gasteiger partial charge >= 0.3 is 0 Å². The number of carbonyl (C=O) groups is 1. The molecule has 0 bridgehead atoms. The van der Waals surface area contributed by atoms with Crippen LogP contribution in [0.1, 0.15) is 30.0 Å². The highest BCUT2D eigenvalue weighted by molar-refractivity contribution is 8.13. The van der Waals surface area contributed by atoms with Crippen molar-refractivity contribution in [2.45, 2.75) is 27.2 Å². The molecule has 0 spiro atoms. The molecule has 3 heteroatoms. The molecule has 17 heavy (non-hydrogen) atoms. The molecule has 0 saturated heterocycles. The van der Waals surface area contributed by atoms with Gasteiger partial charge in [0.25, 0.3) is 0 Å². The fourth-order valence-electron chi connectivity index (χ4n) is 1.46. The minimum atomic E-state index is 0.144. The second kappa shape index (κ2) is 6.36. The van der Waals surface area contributed by atoms with E-state index in [9.17, 15) is 4.79 Å². The van der Waals surface area contributed by atoms with E-state index in [4.69, 9.17) is 5.73 Å². The number of hydrogen-bond acceptors (Lipinski definition) is 3. The van der Waals surface area contributed by atoms with Gasteiger partial charge in [-0.25, -0.2) is 0 Å². The first-order chi connectivity index (χ1) is 8.00. The van der Waals surface area contributed by atoms with Gasteiger partial charge in [0, 0.05) is 30.3 Å². The summed E-state index contributed by atoms with van der Waals surface area (Å²) in [5.41, 5.74) is 9.82. The van der Waals surface area contributed by atoms with E-state index in [0.717, 1.165) is 34.6 Å². The summed E-state index contributed by atoms with van der Waals surface area (Å²) in [6.07, 6.45) is 0.729. The van der Waals surface area contributed by atoms with Crippen molar-refractivity contribution in [1.82, 2.24) is 0 Å². The third-order valence-corrected chi connectivity index (χ3v) is 3.17. The Bertz CT molecular complexity index is 460. The van der Waals surface area contributed by atoms with Crippen LogP contribution in [0.3, 0.4) is 0 Å². The molecule has 90 valence electrons. The van der Waals surface area contributed by atoms with Crippen molar-refractivity contribution < 1.29 is 4.79 Å². The van der Waals surface area contributed by atoms with E-state index in [2.05, 4.69) is 11.8 Å². The lowest BCUT2D eigenvalue weighted by Crippen LogP contribution is -1.94. The van der Waals surface area contributed by atoms with Crippen molar-refractivity contribution in [3.8, 4) is 11.8 Å². The van der Waals surface area contributed by atoms with Crippen molar-refractivity contribution in [1.29, 1.82) is 0 Å². The highest BCUT2D eigenvalue weighted by Crippen LogP contribution is 2.17.